The van der Waals surface area contributed by atoms with E-state index >= 15 is 0 Å². The van der Waals surface area contributed by atoms with E-state index in [0.29, 0.717) is 27.4 Å². The van der Waals surface area contributed by atoms with Crippen molar-refractivity contribution in [2.24, 2.45) is 0 Å². The number of hydrogen-bond acceptors (Lipinski definition) is 2. The zero-order chi connectivity index (χ0) is 9.59. The van der Waals surface area contributed by atoms with Crippen LogP contribution >= 0.6 is 11.6 Å². The molecule has 13 heavy (non-hydrogen) atoms. The highest BCUT2D eigenvalue weighted by Crippen LogP contribution is 2.25. The van der Waals surface area contributed by atoms with Crippen LogP contribution in [0.15, 0.2) is 15.3 Å². The Bertz CT molecular complexity index is 524. The molecule has 0 atom stereocenters. The zero-order valence-electron chi connectivity index (χ0n) is 7.27. The van der Waals surface area contributed by atoms with Crippen LogP contribution in [0.3, 0.4) is 0 Å². The first-order chi connectivity index (χ1) is 6.09. The molecular formula is C9H8ClNO2. The van der Waals surface area contributed by atoms with Crippen molar-refractivity contribution in [3.05, 3.63) is 32.9 Å². The Hall–Kier alpha value is -1.22. The van der Waals surface area contributed by atoms with Crippen molar-refractivity contribution in [1.29, 1.82) is 0 Å². The summed E-state index contributed by atoms with van der Waals surface area (Å²) in [7, 11) is 0. The van der Waals surface area contributed by atoms with Gasteiger partial charge < -0.3 is 9.40 Å². The molecule has 0 saturated heterocycles. The number of furan rings is 1. The van der Waals surface area contributed by atoms with Gasteiger partial charge in [0.1, 0.15) is 10.8 Å². The van der Waals surface area contributed by atoms with E-state index in [9.17, 15) is 4.79 Å². The van der Waals surface area contributed by atoms with Crippen molar-refractivity contribution < 1.29 is 4.42 Å². The Labute approximate surface area is 79.3 Å². The summed E-state index contributed by atoms with van der Waals surface area (Å²) in [6, 6.07) is 1.68. The van der Waals surface area contributed by atoms with Gasteiger partial charge in [-0.15, -0.1) is 0 Å². The molecule has 1 N–H and O–H groups in total. The summed E-state index contributed by atoms with van der Waals surface area (Å²) >= 11 is 5.95. The second-order valence-electron chi connectivity index (χ2n) is 2.99. The van der Waals surface area contributed by atoms with E-state index in [1.165, 1.54) is 0 Å². The third kappa shape index (κ3) is 1.16. The molecule has 0 aromatic carbocycles. The molecule has 2 aromatic heterocycles. The molecule has 0 bridgehead atoms. The Kier molecular flexibility index (Phi) is 1.70. The monoisotopic (exact) mass is 197 g/mol. The van der Waals surface area contributed by atoms with E-state index in [0.717, 1.165) is 0 Å². The number of H-pyrrole nitrogens is 1. The van der Waals surface area contributed by atoms with Gasteiger partial charge in [0.05, 0.1) is 5.39 Å². The molecule has 2 aromatic rings. The predicted molar refractivity (Wildman–Crippen MR) is 51.3 cm³/mol. The van der Waals surface area contributed by atoms with Gasteiger partial charge in [-0.3, -0.25) is 4.79 Å². The van der Waals surface area contributed by atoms with Crippen molar-refractivity contribution in [3.8, 4) is 0 Å². The van der Waals surface area contributed by atoms with Crippen molar-refractivity contribution in [2.45, 2.75) is 13.8 Å². The summed E-state index contributed by atoms with van der Waals surface area (Å²) in [6.45, 7) is 3.52. The van der Waals surface area contributed by atoms with Crippen LogP contribution in [0.25, 0.3) is 11.0 Å². The number of rotatable bonds is 0. The van der Waals surface area contributed by atoms with Gasteiger partial charge >= 0.3 is 0 Å². The number of hydrogen-bond donors (Lipinski definition) is 1. The average Bonchev–Trinajstić information content (AvgIpc) is 2.44. The molecule has 0 unspecified atom stereocenters. The van der Waals surface area contributed by atoms with Gasteiger partial charge in [0.2, 0.25) is 0 Å². The number of halogens is 1. The van der Waals surface area contributed by atoms with E-state index in [-0.39, 0.29) is 5.56 Å². The predicted octanol–water partition coefficient (Wildman–Crippen LogP) is 2.39. The lowest BCUT2D eigenvalue weighted by molar-refractivity contribution is 0.578. The van der Waals surface area contributed by atoms with Crippen molar-refractivity contribution in [3.63, 3.8) is 0 Å². The molecule has 0 radical (unpaired) electrons. The van der Waals surface area contributed by atoms with Gasteiger partial charge in [-0.25, -0.2) is 0 Å². The summed E-state index contributed by atoms with van der Waals surface area (Å²) in [6.07, 6.45) is 0. The second kappa shape index (κ2) is 2.64. The lowest BCUT2D eigenvalue weighted by Crippen LogP contribution is -2.06. The van der Waals surface area contributed by atoms with E-state index in [1.807, 2.05) is 0 Å². The van der Waals surface area contributed by atoms with Crippen LogP contribution in [-0.4, -0.2) is 4.98 Å². The molecule has 68 valence electrons. The average molecular weight is 198 g/mol. The molecule has 0 aliphatic heterocycles. The second-order valence-corrected chi connectivity index (χ2v) is 3.37. The van der Waals surface area contributed by atoms with Crippen molar-refractivity contribution >= 4 is 22.6 Å². The van der Waals surface area contributed by atoms with E-state index in [1.54, 1.807) is 19.9 Å². The number of pyridine rings is 1. The minimum Gasteiger partial charge on any atom is -0.460 e. The molecule has 0 fully saturated rings. The summed E-state index contributed by atoms with van der Waals surface area (Å²) in [4.78, 5) is 14.0. The van der Waals surface area contributed by atoms with Gasteiger partial charge in [0.15, 0.2) is 5.58 Å². The van der Waals surface area contributed by atoms with Gasteiger partial charge in [-0.1, -0.05) is 11.6 Å². The number of aromatic nitrogens is 1. The number of nitrogens with one attached hydrogen (secondary N) is 1. The largest absolute Gasteiger partial charge is 0.460 e. The van der Waals surface area contributed by atoms with Crippen LogP contribution in [0.4, 0.5) is 0 Å². The fourth-order valence-electron chi connectivity index (χ4n) is 1.31. The van der Waals surface area contributed by atoms with Gasteiger partial charge in [0.25, 0.3) is 5.56 Å². The number of fused-ring (bicyclic) bond motifs is 1. The first-order valence-corrected chi connectivity index (χ1v) is 4.26. The van der Waals surface area contributed by atoms with Gasteiger partial charge in [0, 0.05) is 5.69 Å². The van der Waals surface area contributed by atoms with Crippen LogP contribution < -0.4 is 5.56 Å². The van der Waals surface area contributed by atoms with Crippen molar-refractivity contribution in [1.82, 2.24) is 4.98 Å². The smallest absolute Gasteiger partial charge is 0.259 e. The highest BCUT2D eigenvalue weighted by Gasteiger charge is 2.10. The molecule has 2 heterocycles. The van der Waals surface area contributed by atoms with Crippen LogP contribution in [-0.2, 0) is 0 Å². The maximum atomic E-state index is 11.4. The summed E-state index contributed by atoms with van der Waals surface area (Å²) in [5, 5.41) is 0.982. The first kappa shape index (κ1) is 8.38. The Balaban J connectivity index is 3.04. The fraction of sp³-hybridized carbons (Fsp3) is 0.222. The van der Waals surface area contributed by atoms with E-state index < -0.39 is 0 Å². The molecule has 2 rings (SSSR count). The minimum absolute atomic E-state index is 0.159. The lowest BCUT2D eigenvalue weighted by atomic mass is 10.3. The lowest BCUT2D eigenvalue weighted by Gasteiger charge is -1.96. The Morgan fingerprint density at radius 1 is 1.46 bits per heavy atom. The van der Waals surface area contributed by atoms with E-state index in [4.69, 9.17) is 16.0 Å². The SMILES string of the molecule is Cc1cc2c(=O)[nH]c(C)c(Cl)c2o1. The molecule has 0 aliphatic carbocycles. The quantitative estimate of drug-likeness (QED) is 0.705. The summed E-state index contributed by atoms with van der Waals surface area (Å²) in [5.74, 6) is 0.688. The molecule has 3 nitrogen and oxygen atoms in total. The molecule has 0 spiro atoms. The standard InChI is InChI=1S/C9H8ClNO2/c1-4-3-6-8(13-4)7(10)5(2)11-9(6)12/h3H,1-2H3,(H,11,12). The van der Waals surface area contributed by atoms with Gasteiger partial charge in [-0.2, -0.15) is 0 Å². The van der Waals surface area contributed by atoms with Gasteiger partial charge in [-0.05, 0) is 19.9 Å². The Morgan fingerprint density at radius 2 is 2.15 bits per heavy atom. The Morgan fingerprint density at radius 3 is 2.85 bits per heavy atom. The molecule has 0 saturated carbocycles. The molecule has 0 aliphatic rings. The topological polar surface area (TPSA) is 46.0 Å². The molecule has 4 heteroatoms. The zero-order valence-corrected chi connectivity index (χ0v) is 8.03. The first-order valence-electron chi connectivity index (χ1n) is 3.88. The van der Waals surface area contributed by atoms with Crippen LogP contribution in [0.5, 0.6) is 0 Å². The normalized spacial score (nSPS) is 11.0. The van der Waals surface area contributed by atoms with Crippen LogP contribution in [0, 0.1) is 13.8 Å². The molecule has 0 amide bonds. The van der Waals surface area contributed by atoms with Crippen LogP contribution in [0.1, 0.15) is 11.5 Å². The highest BCUT2D eigenvalue weighted by molar-refractivity contribution is 6.35. The van der Waals surface area contributed by atoms with Crippen molar-refractivity contribution in [2.75, 3.05) is 0 Å². The minimum atomic E-state index is -0.159. The number of aromatic amines is 1. The maximum Gasteiger partial charge on any atom is 0.259 e. The molecular weight excluding hydrogens is 190 g/mol. The summed E-state index contributed by atoms with van der Waals surface area (Å²) < 4.78 is 5.31. The third-order valence-electron chi connectivity index (χ3n) is 1.93. The van der Waals surface area contributed by atoms with Crippen LogP contribution in [0.2, 0.25) is 5.02 Å². The summed E-state index contributed by atoms with van der Waals surface area (Å²) in [5.41, 5.74) is 0.947. The van der Waals surface area contributed by atoms with E-state index in [2.05, 4.69) is 4.98 Å². The number of aryl methyl sites for hydroxylation is 2. The third-order valence-corrected chi connectivity index (χ3v) is 2.38. The fourth-order valence-corrected chi connectivity index (χ4v) is 1.50. The highest BCUT2D eigenvalue weighted by atomic mass is 35.5. The maximum absolute atomic E-state index is 11.4.